The Labute approximate surface area is 175 Å². The van der Waals surface area contributed by atoms with Gasteiger partial charge in [0.25, 0.3) is 0 Å². The lowest BCUT2D eigenvalue weighted by atomic mass is 10.0. The lowest BCUT2D eigenvalue weighted by molar-refractivity contribution is -0.142. The Hall–Kier alpha value is -2.45. The van der Waals surface area contributed by atoms with Crippen LogP contribution >= 0.6 is 0 Å². The van der Waals surface area contributed by atoms with Crippen LogP contribution in [0.2, 0.25) is 0 Å². The van der Waals surface area contributed by atoms with Crippen molar-refractivity contribution in [1.82, 2.24) is 4.90 Å². The van der Waals surface area contributed by atoms with Crippen LogP contribution in [0.5, 0.6) is 0 Å². The molecule has 1 aromatic carbocycles. The van der Waals surface area contributed by atoms with Crippen molar-refractivity contribution < 1.29 is 23.8 Å². The fourth-order valence-corrected chi connectivity index (χ4v) is 4.19. The number of hydrogen-bond acceptors (Lipinski definition) is 7. The molecule has 0 saturated carbocycles. The number of piperidine rings is 1. The van der Waals surface area contributed by atoms with Gasteiger partial charge in [0, 0.05) is 44.4 Å². The molecule has 0 radical (unpaired) electrons. The summed E-state index contributed by atoms with van der Waals surface area (Å²) in [6, 6.07) is 4.68. The average molecular weight is 417 g/mol. The number of nitrogens with zero attached hydrogens (tertiary/aromatic N) is 3. The number of anilines is 1. The molecule has 0 spiro atoms. The van der Waals surface area contributed by atoms with E-state index in [4.69, 9.17) is 9.47 Å². The molecule has 3 aliphatic heterocycles. The van der Waals surface area contributed by atoms with E-state index in [1.54, 1.807) is 24.4 Å². The number of carbonyl (C=O) groups excluding carboxylic acids is 1. The zero-order chi connectivity index (χ0) is 21.1. The van der Waals surface area contributed by atoms with Gasteiger partial charge in [0.05, 0.1) is 37.3 Å². The molecule has 1 atom stereocenters. The Kier molecular flexibility index (Phi) is 6.34. The van der Waals surface area contributed by atoms with Crippen molar-refractivity contribution >= 4 is 17.9 Å². The number of methoxy groups -OCH3 is 1. The van der Waals surface area contributed by atoms with Gasteiger partial charge in [0.2, 0.25) is 0 Å². The van der Waals surface area contributed by atoms with E-state index < -0.39 is 6.04 Å². The van der Waals surface area contributed by atoms with Crippen LogP contribution in [0.3, 0.4) is 0 Å². The van der Waals surface area contributed by atoms with E-state index in [1.165, 1.54) is 7.11 Å². The van der Waals surface area contributed by atoms with Crippen molar-refractivity contribution in [3.63, 3.8) is 0 Å². The smallest absolute Gasteiger partial charge is 0.330 e. The van der Waals surface area contributed by atoms with Crippen LogP contribution in [0.4, 0.5) is 10.1 Å². The molecule has 1 aromatic rings. The number of aliphatic hydroxyl groups excluding tert-OH is 1. The molecule has 0 amide bonds. The van der Waals surface area contributed by atoms with E-state index in [2.05, 4.69) is 16.0 Å². The summed E-state index contributed by atoms with van der Waals surface area (Å²) in [4.78, 5) is 20.1. The topological polar surface area (TPSA) is 74.6 Å². The standard InChI is InChI=1S/C22H28FN3O4/c1-29-22(28)19-6-5-16(11-24-19)25-9-7-17(8-10-25)30-18-12-26(13-18)20-4-2-3-15(14-27)21(20)23/h2-5,11,17-19,27H,6-10,12-14H2,1H3. The normalized spacial score (nSPS) is 22.6. The summed E-state index contributed by atoms with van der Waals surface area (Å²) in [6.45, 7) is 2.80. The third-order valence-electron chi connectivity index (χ3n) is 6.02. The van der Waals surface area contributed by atoms with Crippen molar-refractivity contribution in [3.05, 3.63) is 41.4 Å². The minimum Gasteiger partial charge on any atom is -0.467 e. The summed E-state index contributed by atoms with van der Waals surface area (Å²) < 4.78 is 25.3. The maximum Gasteiger partial charge on any atom is 0.330 e. The lowest BCUT2D eigenvalue weighted by Gasteiger charge is -2.44. The van der Waals surface area contributed by atoms with Gasteiger partial charge in [-0.05, 0) is 18.9 Å². The van der Waals surface area contributed by atoms with Crippen molar-refractivity contribution in [2.24, 2.45) is 4.99 Å². The van der Waals surface area contributed by atoms with Crippen LogP contribution in [-0.2, 0) is 20.9 Å². The Morgan fingerprint density at radius 2 is 2.00 bits per heavy atom. The highest BCUT2D eigenvalue weighted by atomic mass is 19.1. The monoisotopic (exact) mass is 417 g/mol. The number of likely N-dealkylation sites (tertiary alicyclic amines) is 1. The minimum atomic E-state index is -0.427. The van der Waals surface area contributed by atoms with Gasteiger partial charge in [-0.25, -0.2) is 9.18 Å². The first-order valence-electron chi connectivity index (χ1n) is 10.4. The van der Waals surface area contributed by atoms with Crippen LogP contribution < -0.4 is 4.90 Å². The molecule has 1 unspecified atom stereocenters. The van der Waals surface area contributed by atoms with Crippen LogP contribution in [0, 0.1) is 5.82 Å². The minimum absolute atomic E-state index is 0.106. The first-order valence-corrected chi connectivity index (χ1v) is 10.4. The molecule has 3 heterocycles. The largest absolute Gasteiger partial charge is 0.467 e. The fraction of sp³-hybridized carbons (Fsp3) is 0.545. The number of benzene rings is 1. The molecule has 4 rings (SSSR count). The third-order valence-corrected chi connectivity index (χ3v) is 6.02. The first kappa shape index (κ1) is 20.8. The van der Waals surface area contributed by atoms with Crippen LogP contribution in [-0.4, -0.2) is 73.7 Å². The van der Waals surface area contributed by atoms with Gasteiger partial charge in [-0.3, -0.25) is 4.99 Å². The van der Waals surface area contributed by atoms with Gasteiger partial charge in [-0.2, -0.15) is 0 Å². The summed E-state index contributed by atoms with van der Waals surface area (Å²) in [5.74, 6) is -0.644. The molecule has 0 bridgehead atoms. The van der Waals surface area contributed by atoms with E-state index in [-0.39, 0.29) is 30.6 Å². The second kappa shape index (κ2) is 9.14. The Bertz CT molecular complexity index is 830. The number of rotatable bonds is 6. The zero-order valence-electron chi connectivity index (χ0n) is 17.2. The molecule has 162 valence electrons. The molecule has 30 heavy (non-hydrogen) atoms. The number of allylic oxidation sites excluding steroid dienone is 1. The Balaban J connectivity index is 1.21. The number of halogens is 1. The number of aliphatic imine (C=N–C) groups is 1. The molecular weight excluding hydrogens is 389 g/mol. The number of hydrogen-bond donors (Lipinski definition) is 1. The molecule has 8 heteroatoms. The van der Waals surface area contributed by atoms with Crippen molar-refractivity contribution in [2.75, 3.05) is 38.2 Å². The van der Waals surface area contributed by atoms with Gasteiger partial charge < -0.3 is 24.4 Å². The van der Waals surface area contributed by atoms with Crippen LogP contribution in [0.15, 0.2) is 35.0 Å². The van der Waals surface area contributed by atoms with E-state index in [0.717, 1.165) is 31.6 Å². The maximum absolute atomic E-state index is 14.3. The molecule has 0 aliphatic carbocycles. The molecule has 7 nitrogen and oxygen atoms in total. The number of dihydropyridines is 1. The number of esters is 1. The molecule has 0 aromatic heterocycles. The second-order valence-electron chi connectivity index (χ2n) is 7.94. The SMILES string of the molecule is COC(=O)C1CC=C(N2CCC(OC3CN(c4cccc(CO)c4F)C3)CC2)C=N1. The van der Waals surface area contributed by atoms with E-state index in [9.17, 15) is 14.3 Å². The zero-order valence-corrected chi connectivity index (χ0v) is 17.2. The molecule has 3 aliphatic rings. The number of aliphatic hydroxyl groups is 1. The molecule has 2 fully saturated rings. The predicted molar refractivity (Wildman–Crippen MR) is 111 cm³/mol. The Morgan fingerprint density at radius 3 is 2.63 bits per heavy atom. The molecular formula is C22H28FN3O4. The summed E-state index contributed by atoms with van der Waals surface area (Å²) in [6.07, 6.45) is 6.55. The molecule has 2 saturated heterocycles. The molecule has 1 N–H and O–H groups in total. The summed E-state index contributed by atoms with van der Waals surface area (Å²) in [5, 5.41) is 9.23. The fourth-order valence-electron chi connectivity index (χ4n) is 4.19. The highest BCUT2D eigenvalue weighted by molar-refractivity contribution is 5.85. The highest BCUT2D eigenvalue weighted by Crippen LogP contribution is 2.29. The van der Waals surface area contributed by atoms with E-state index in [0.29, 0.717) is 30.8 Å². The predicted octanol–water partition coefficient (Wildman–Crippen LogP) is 1.89. The highest BCUT2D eigenvalue weighted by Gasteiger charge is 2.33. The van der Waals surface area contributed by atoms with Gasteiger partial charge in [0.1, 0.15) is 0 Å². The Morgan fingerprint density at radius 1 is 1.23 bits per heavy atom. The second-order valence-corrected chi connectivity index (χ2v) is 7.94. The average Bonchev–Trinajstić information content (AvgIpc) is 2.76. The van der Waals surface area contributed by atoms with Crippen LogP contribution in [0.1, 0.15) is 24.8 Å². The van der Waals surface area contributed by atoms with E-state index in [1.807, 2.05) is 4.90 Å². The van der Waals surface area contributed by atoms with Gasteiger partial charge in [0.15, 0.2) is 11.9 Å². The van der Waals surface area contributed by atoms with Gasteiger partial charge in [-0.1, -0.05) is 18.2 Å². The van der Waals surface area contributed by atoms with E-state index >= 15 is 0 Å². The maximum atomic E-state index is 14.3. The number of carbonyl (C=O) groups is 1. The first-order chi connectivity index (χ1) is 14.6. The summed E-state index contributed by atoms with van der Waals surface area (Å²) in [5.41, 5.74) is 1.91. The van der Waals surface area contributed by atoms with Crippen LogP contribution in [0.25, 0.3) is 0 Å². The van der Waals surface area contributed by atoms with Crippen molar-refractivity contribution in [3.8, 4) is 0 Å². The summed E-state index contributed by atoms with van der Waals surface area (Å²) >= 11 is 0. The lowest BCUT2D eigenvalue weighted by Crippen LogP contribution is -2.54. The van der Waals surface area contributed by atoms with Crippen molar-refractivity contribution in [2.45, 2.75) is 44.1 Å². The quantitative estimate of drug-likeness (QED) is 0.713. The van der Waals surface area contributed by atoms with Gasteiger partial charge in [-0.15, -0.1) is 0 Å². The summed E-state index contributed by atoms with van der Waals surface area (Å²) in [7, 11) is 1.38. The van der Waals surface area contributed by atoms with Gasteiger partial charge >= 0.3 is 5.97 Å². The third kappa shape index (κ3) is 4.34. The van der Waals surface area contributed by atoms with Crippen molar-refractivity contribution in [1.29, 1.82) is 0 Å². The number of ether oxygens (including phenoxy) is 2.